The quantitative estimate of drug-likeness (QED) is 0.426. The molecule has 0 spiro atoms. The first-order valence-corrected chi connectivity index (χ1v) is 7.73. The molecule has 1 aromatic rings. The zero-order chi connectivity index (χ0) is 16.6. The zero-order valence-electron chi connectivity index (χ0n) is 14.1. The summed E-state index contributed by atoms with van der Waals surface area (Å²) in [7, 11) is 3.29. The Morgan fingerprint density at radius 3 is 1.43 bits per heavy atom. The van der Waals surface area contributed by atoms with Crippen molar-refractivity contribution < 1.29 is 32.8 Å². The van der Waals surface area contributed by atoms with E-state index in [0.717, 1.165) is 11.5 Å². The number of methoxy groups -OCH3 is 2. The number of hydrogen-bond donors (Lipinski definition) is 0. The summed E-state index contributed by atoms with van der Waals surface area (Å²) >= 11 is 0. The van der Waals surface area contributed by atoms with Gasteiger partial charge in [0, 0.05) is 14.2 Å². The van der Waals surface area contributed by atoms with Crippen LogP contribution in [-0.4, -0.2) is 67.1 Å². The van der Waals surface area contributed by atoms with Gasteiger partial charge >= 0.3 is 0 Å². The molecule has 0 aliphatic rings. The summed E-state index contributed by atoms with van der Waals surface area (Å²) in [6.45, 7) is 5.34. The highest BCUT2D eigenvalue weighted by Gasteiger charge is 2.03. The summed E-state index contributed by atoms with van der Waals surface area (Å²) in [6, 6.07) is 3.78. The molecule has 7 nitrogen and oxygen atoms in total. The van der Waals surface area contributed by atoms with E-state index >= 15 is 0 Å². The summed E-state index contributed by atoms with van der Waals surface area (Å²) < 4.78 is 36.9. The minimum absolute atomic E-state index is 0.424. The Kier molecular flexibility index (Phi) is 12.8. The third-order valence-corrected chi connectivity index (χ3v) is 2.81. The lowest BCUT2D eigenvalue weighted by molar-refractivity contribution is 0.0110. The van der Waals surface area contributed by atoms with Gasteiger partial charge in [-0.15, -0.1) is 0 Å². The Balaban J connectivity index is 1.97. The van der Waals surface area contributed by atoms with E-state index in [1.807, 2.05) is 12.1 Å². The molecule has 7 heteroatoms. The fourth-order valence-electron chi connectivity index (χ4n) is 1.65. The van der Waals surface area contributed by atoms with Crippen LogP contribution in [0.2, 0.25) is 0 Å². The second-order valence-electron chi connectivity index (χ2n) is 4.68. The standard InChI is InChI=1S/C16H28O7/c1-17-5-7-19-9-11-21-13-15-3-4-16(23-15)14-22-12-10-20-8-6-18-2/h3-4H,5-14H2,1-2H3. The van der Waals surface area contributed by atoms with Crippen LogP contribution in [0, 0.1) is 0 Å². The molecule has 0 N–H and O–H groups in total. The van der Waals surface area contributed by atoms with Gasteiger partial charge in [0.1, 0.15) is 24.7 Å². The summed E-state index contributed by atoms with van der Waals surface area (Å²) in [5.41, 5.74) is 0. The molecule has 1 aromatic heterocycles. The number of furan rings is 1. The molecule has 1 heterocycles. The molecule has 0 saturated heterocycles. The number of ether oxygens (including phenoxy) is 6. The smallest absolute Gasteiger partial charge is 0.129 e. The normalized spacial score (nSPS) is 11.2. The van der Waals surface area contributed by atoms with E-state index in [0.29, 0.717) is 66.1 Å². The third-order valence-electron chi connectivity index (χ3n) is 2.81. The Morgan fingerprint density at radius 2 is 1.00 bits per heavy atom. The zero-order valence-corrected chi connectivity index (χ0v) is 14.1. The minimum Gasteiger partial charge on any atom is -0.461 e. The van der Waals surface area contributed by atoms with E-state index in [-0.39, 0.29) is 0 Å². The van der Waals surface area contributed by atoms with Crippen molar-refractivity contribution in [2.75, 3.05) is 67.1 Å². The van der Waals surface area contributed by atoms with Crippen molar-refractivity contribution in [3.05, 3.63) is 23.7 Å². The molecule has 0 amide bonds. The molecule has 0 aliphatic heterocycles. The lowest BCUT2D eigenvalue weighted by Gasteiger charge is -2.05. The summed E-state index contributed by atoms with van der Waals surface area (Å²) in [5, 5.41) is 0. The van der Waals surface area contributed by atoms with Crippen LogP contribution in [0.25, 0.3) is 0 Å². The van der Waals surface area contributed by atoms with Crippen LogP contribution in [0.15, 0.2) is 16.5 Å². The second kappa shape index (κ2) is 14.6. The van der Waals surface area contributed by atoms with Gasteiger partial charge in [-0.05, 0) is 12.1 Å². The number of rotatable bonds is 16. The summed E-state index contributed by atoms with van der Waals surface area (Å²) in [6.07, 6.45) is 0. The van der Waals surface area contributed by atoms with Gasteiger partial charge in [-0.1, -0.05) is 0 Å². The van der Waals surface area contributed by atoms with Crippen molar-refractivity contribution in [3.63, 3.8) is 0 Å². The maximum Gasteiger partial charge on any atom is 0.129 e. The fourth-order valence-corrected chi connectivity index (χ4v) is 1.65. The highest BCUT2D eigenvalue weighted by molar-refractivity contribution is 5.05. The SMILES string of the molecule is COCCOCCOCc1ccc(COCCOCCOC)o1. The van der Waals surface area contributed by atoms with Crippen molar-refractivity contribution in [3.8, 4) is 0 Å². The average Bonchev–Trinajstić information content (AvgIpc) is 3.01. The third kappa shape index (κ3) is 11.2. The van der Waals surface area contributed by atoms with Gasteiger partial charge in [0.05, 0.1) is 52.9 Å². The van der Waals surface area contributed by atoms with Gasteiger partial charge in [-0.25, -0.2) is 0 Å². The van der Waals surface area contributed by atoms with Crippen LogP contribution < -0.4 is 0 Å². The van der Waals surface area contributed by atoms with E-state index in [2.05, 4.69) is 0 Å². The molecule has 0 radical (unpaired) electrons. The van der Waals surface area contributed by atoms with Crippen molar-refractivity contribution in [1.29, 1.82) is 0 Å². The molecule has 0 bridgehead atoms. The molecule has 134 valence electrons. The molecule has 0 unspecified atom stereocenters. The first kappa shape index (κ1) is 20.1. The van der Waals surface area contributed by atoms with Crippen LogP contribution in [0.3, 0.4) is 0 Å². The molecule has 0 aliphatic carbocycles. The van der Waals surface area contributed by atoms with Gasteiger partial charge in [0.15, 0.2) is 0 Å². The average molecular weight is 332 g/mol. The molecule has 0 atom stereocenters. The maximum atomic E-state index is 5.60. The molecule has 1 rings (SSSR count). The molecule has 0 aromatic carbocycles. The van der Waals surface area contributed by atoms with E-state index in [1.54, 1.807) is 14.2 Å². The topological polar surface area (TPSA) is 68.5 Å². The van der Waals surface area contributed by atoms with Crippen LogP contribution >= 0.6 is 0 Å². The highest BCUT2D eigenvalue weighted by atomic mass is 16.6. The Hall–Kier alpha value is -0.960. The Morgan fingerprint density at radius 1 is 0.609 bits per heavy atom. The van der Waals surface area contributed by atoms with Crippen LogP contribution in [0.4, 0.5) is 0 Å². The molecule has 0 fully saturated rings. The van der Waals surface area contributed by atoms with Gasteiger partial charge in [-0.3, -0.25) is 0 Å². The summed E-state index contributed by atoms with van der Waals surface area (Å²) in [5.74, 6) is 1.55. The minimum atomic E-state index is 0.424. The predicted octanol–water partition coefficient (Wildman–Crippen LogP) is 1.64. The summed E-state index contributed by atoms with van der Waals surface area (Å²) in [4.78, 5) is 0. The van der Waals surface area contributed by atoms with Crippen molar-refractivity contribution in [2.24, 2.45) is 0 Å². The highest BCUT2D eigenvalue weighted by Crippen LogP contribution is 2.10. The van der Waals surface area contributed by atoms with Crippen LogP contribution in [0.5, 0.6) is 0 Å². The van der Waals surface area contributed by atoms with Gasteiger partial charge in [-0.2, -0.15) is 0 Å². The largest absolute Gasteiger partial charge is 0.461 e. The number of hydrogen-bond acceptors (Lipinski definition) is 7. The second-order valence-corrected chi connectivity index (χ2v) is 4.68. The molecule has 0 saturated carbocycles. The lowest BCUT2D eigenvalue weighted by Crippen LogP contribution is -2.08. The van der Waals surface area contributed by atoms with Crippen molar-refractivity contribution in [2.45, 2.75) is 13.2 Å². The lowest BCUT2D eigenvalue weighted by atomic mass is 10.4. The maximum absolute atomic E-state index is 5.60. The van der Waals surface area contributed by atoms with Crippen LogP contribution in [-0.2, 0) is 41.6 Å². The molecular formula is C16H28O7. The predicted molar refractivity (Wildman–Crippen MR) is 83.4 cm³/mol. The monoisotopic (exact) mass is 332 g/mol. The van der Waals surface area contributed by atoms with Crippen molar-refractivity contribution in [1.82, 2.24) is 0 Å². The molecular weight excluding hydrogens is 304 g/mol. The van der Waals surface area contributed by atoms with E-state index in [9.17, 15) is 0 Å². The van der Waals surface area contributed by atoms with Gasteiger partial charge in [0.2, 0.25) is 0 Å². The van der Waals surface area contributed by atoms with E-state index in [4.69, 9.17) is 32.8 Å². The van der Waals surface area contributed by atoms with Crippen LogP contribution in [0.1, 0.15) is 11.5 Å². The molecule has 23 heavy (non-hydrogen) atoms. The first-order valence-electron chi connectivity index (χ1n) is 7.73. The Labute approximate surface area is 137 Å². The van der Waals surface area contributed by atoms with E-state index < -0.39 is 0 Å². The fraction of sp³-hybridized carbons (Fsp3) is 0.750. The van der Waals surface area contributed by atoms with Gasteiger partial charge < -0.3 is 32.8 Å². The first-order chi connectivity index (χ1) is 11.4. The van der Waals surface area contributed by atoms with Gasteiger partial charge in [0.25, 0.3) is 0 Å². The Bertz CT molecular complexity index is 335. The van der Waals surface area contributed by atoms with E-state index in [1.165, 1.54) is 0 Å². The van der Waals surface area contributed by atoms with Crippen molar-refractivity contribution >= 4 is 0 Å².